The molecule has 2 aromatic rings. The Balaban J connectivity index is 1.94. The van der Waals surface area contributed by atoms with E-state index in [9.17, 15) is 10.1 Å². The molecular weight excluding hydrogens is 400 g/mol. The molecule has 1 aromatic carbocycles. The summed E-state index contributed by atoms with van der Waals surface area (Å²) in [7, 11) is 0. The van der Waals surface area contributed by atoms with Gasteiger partial charge in [0, 0.05) is 10.4 Å². The van der Waals surface area contributed by atoms with Gasteiger partial charge in [-0.3, -0.25) is 4.79 Å². The Kier molecular flexibility index (Phi) is 7.22. The number of fused-ring (bicyclic) bond motifs is 1. The summed E-state index contributed by atoms with van der Waals surface area (Å²) in [5.41, 5.74) is 2.08. The Morgan fingerprint density at radius 2 is 1.80 bits per heavy atom. The fourth-order valence-corrected chi connectivity index (χ4v) is 5.01. The Morgan fingerprint density at radius 1 is 1.17 bits per heavy atom. The Morgan fingerprint density at radius 3 is 2.37 bits per heavy atom. The van der Waals surface area contributed by atoms with Crippen LogP contribution in [-0.2, 0) is 12.8 Å². The highest BCUT2D eigenvalue weighted by Crippen LogP contribution is 2.41. The van der Waals surface area contributed by atoms with E-state index in [0.717, 1.165) is 24.8 Å². The first-order valence-corrected chi connectivity index (χ1v) is 11.3. The van der Waals surface area contributed by atoms with E-state index < -0.39 is 0 Å². The standard InChI is InChI=1S/C23H28N2O4S/c1-5-27-18-11-15(12-19(28-6-2)21(18)29-7-3)22(26)25-23-17(13-24)16-9-8-14(4)10-20(16)30-23/h11-12,14H,5-10H2,1-4H3,(H,25,26)/t14-/m1/s1. The van der Waals surface area contributed by atoms with E-state index in [0.29, 0.717) is 59.1 Å². The molecule has 0 saturated heterocycles. The number of carbonyl (C=O) groups excluding carboxylic acids is 1. The lowest BCUT2D eigenvalue weighted by molar-refractivity contribution is 0.102. The van der Waals surface area contributed by atoms with Gasteiger partial charge in [-0.25, -0.2) is 0 Å². The van der Waals surface area contributed by atoms with Crippen LogP contribution in [0.4, 0.5) is 5.00 Å². The van der Waals surface area contributed by atoms with E-state index in [1.165, 1.54) is 16.2 Å². The van der Waals surface area contributed by atoms with Crippen LogP contribution in [0.25, 0.3) is 0 Å². The first kappa shape index (κ1) is 22.0. The molecule has 160 valence electrons. The van der Waals surface area contributed by atoms with Gasteiger partial charge >= 0.3 is 0 Å². The van der Waals surface area contributed by atoms with Gasteiger partial charge in [0.15, 0.2) is 11.5 Å². The molecule has 1 amide bonds. The summed E-state index contributed by atoms with van der Waals surface area (Å²) in [6, 6.07) is 5.61. The number of hydrogen-bond acceptors (Lipinski definition) is 6. The number of nitrogens with one attached hydrogen (secondary N) is 1. The van der Waals surface area contributed by atoms with Crippen molar-refractivity contribution in [2.45, 2.75) is 47.0 Å². The van der Waals surface area contributed by atoms with Gasteiger partial charge in [-0.2, -0.15) is 5.26 Å². The largest absolute Gasteiger partial charge is 0.490 e. The fraction of sp³-hybridized carbons (Fsp3) is 0.478. The van der Waals surface area contributed by atoms with E-state index in [-0.39, 0.29) is 5.91 Å². The van der Waals surface area contributed by atoms with E-state index in [1.807, 2.05) is 20.8 Å². The molecule has 1 N–H and O–H groups in total. The number of carbonyl (C=O) groups is 1. The maximum Gasteiger partial charge on any atom is 0.256 e. The molecule has 0 radical (unpaired) electrons. The van der Waals surface area contributed by atoms with Gasteiger partial charge in [-0.15, -0.1) is 11.3 Å². The quantitative estimate of drug-likeness (QED) is 0.626. The Hall–Kier alpha value is -2.72. The third kappa shape index (κ3) is 4.54. The highest BCUT2D eigenvalue weighted by molar-refractivity contribution is 7.16. The topological polar surface area (TPSA) is 80.6 Å². The Bertz CT molecular complexity index is 934. The normalized spacial score (nSPS) is 15.1. The van der Waals surface area contributed by atoms with Crippen molar-refractivity contribution in [1.29, 1.82) is 5.26 Å². The van der Waals surface area contributed by atoms with Gasteiger partial charge in [-0.1, -0.05) is 6.92 Å². The lowest BCUT2D eigenvalue weighted by Crippen LogP contribution is -2.13. The van der Waals surface area contributed by atoms with E-state index in [1.54, 1.807) is 12.1 Å². The van der Waals surface area contributed by atoms with Gasteiger partial charge in [-0.05, 0) is 63.6 Å². The van der Waals surface area contributed by atoms with Crippen LogP contribution >= 0.6 is 11.3 Å². The zero-order chi connectivity index (χ0) is 21.7. The molecule has 0 unspecified atom stereocenters. The van der Waals surface area contributed by atoms with Crippen LogP contribution in [0, 0.1) is 17.2 Å². The summed E-state index contributed by atoms with van der Waals surface area (Å²) >= 11 is 1.51. The summed E-state index contributed by atoms with van der Waals surface area (Å²) < 4.78 is 17.1. The second kappa shape index (κ2) is 9.86. The predicted molar refractivity (Wildman–Crippen MR) is 118 cm³/mol. The number of nitriles is 1. The first-order valence-electron chi connectivity index (χ1n) is 10.4. The third-order valence-electron chi connectivity index (χ3n) is 5.02. The molecule has 0 bridgehead atoms. The van der Waals surface area contributed by atoms with Crippen LogP contribution < -0.4 is 19.5 Å². The minimum atomic E-state index is -0.303. The number of anilines is 1. The van der Waals surface area contributed by atoms with Gasteiger partial charge in [0.2, 0.25) is 5.75 Å². The number of benzene rings is 1. The molecule has 30 heavy (non-hydrogen) atoms. The van der Waals surface area contributed by atoms with Crippen molar-refractivity contribution in [3.05, 3.63) is 33.7 Å². The summed E-state index contributed by atoms with van der Waals surface area (Å²) in [4.78, 5) is 14.3. The van der Waals surface area contributed by atoms with Crippen molar-refractivity contribution in [3.63, 3.8) is 0 Å². The van der Waals surface area contributed by atoms with Crippen molar-refractivity contribution in [3.8, 4) is 23.3 Å². The molecule has 7 heteroatoms. The molecule has 1 aromatic heterocycles. The molecule has 6 nitrogen and oxygen atoms in total. The van der Waals surface area contributed by atoms with Gasteiger partial charge in [0.05, 0.1) is 25.4 Å². The molecule has 0 saturated carbocycles. The van der Waals surface area contributed by atoms with Gasteiger partial charge in [0.25, 0.3) is 5.91 Å². The van der Waals surface area contributed by atoms with Crippen molar-refractivity contribution in [2.24, 2.45) is 5.92 Å². The van der Waals surface area contributed by atoms with Crippen LogP contribution in [0.5, 0.6) is 17.2 Å². The highest BCUT2D eigenvalue weighted by Gasteiger charge is 2.25. The Labute approximate surface area is 181 Å². The molecule has 1 aliphatic rings. The smallest absolute Gasteiger partial charge is 0.256 e. The zero-order valence-corrected chi connectivity index (χ0v) is 18.8. The molecule has 1 aliphatic carbocycles. The van der Waals surface area contributed by atoms with Crippen LogP contribution in [0.1, 0.15) is 60.5 Å². The van der Waals surface area contributed by atoms with E-state index >= 15 is 0 Å². The summed E-state index contributed by atoms with van der Waals surface area (Å²) in [5.74, 6) is 1.73. The summed E-state index contributed by atoms with van der Waals surface area (Å²) in [6.07, 6.45) is 2.91. The number of amides is 1. The minimum Gasteiger partial charge on any atom is -0.490 e. The minimum absolute atomic E-state index is 0.303. The predicted octanol–water partition coefficient (Wildman–Crippen LogP) is 5.19. The number of rotatable bonds is 8. The molecule has 0 fully saturated rings. The second-order valence-electron chi connectivity index (χ2n) is 7.22. The number of thiophene rings is 1. The lowest BCUT2D eigenvalue weighted by Gasteiger charge is -2.17. The maximum atomic E-state index is 13.1. The molecule has 0 aliphatic heterocycles. The molecular formula is C23H28N2O4S. The lowest BCUT2D eigenvalue weighted by atomic mass is 9.88. The molecule has 1 atom stereocenters. The highest BCUT2D eigenvalue weighted by atomic mass is 32.1. The van der Waals surface area contributed by atoms with Crippen molar-refractivity contribution >= 4 is 22.2 Å². The van der Waals surface area contributed by atoms with Gasteiger partial charge < -0.3 is 19.5 Å². The monoisotopic (exact) mass is 428 g/mol. The molecule has 3 rings (SSSR count). The number of ether oxygens (including phenoxy) is 3. The SMILES string of the molecule is CCOc1cc(C(=O)Nc2sc3c(c2C#N)CC[C@@H](C)C3)cc(OCC)c1OCC. The van der Waals surface area contributed by atoms with Crippen LogP contribution in [0.3, 0.4) is 0 Å². The first-order chi connectivity index (χ1) is 14.5. The second-order valence-corrected chi connectivity index (χ2v) is 8.33. The van der Waals surface area contributed by atoms with E-state index in [2.05, 4.69) is 18.3 Å². The average Bonchev–Trinajstić information content (AvgIpc) is 3.06. The van der Waals surface area contributed by atoms with Crippen LogP contribution in [0.2, 0.25) is 0 Å². The summed E-state index contributed by atoms with van der Waals surface area (Å²) in [6.45, 7) is 9.18. The fourth-order valence-electron chi connectivity index (χ4n) is 3.65. The number of hydrogen-bond donors (Lipinski definition) is 1. The summed E-state index contributed by atoms with van der Waals surface area (Å²) in [5, 5.41) is 13.2. The van der Waals surface area contributed by atoms with Crippen molar-refractivity contribution < 1.29 is 19.0 Å². The van der Waals surface area contributed by atoms with Crippen molar-refractivity contribution in [2.75, 3.05) is 25.1 Å². The van der Waals surface area contributed by atoms with Crippen LogP contribution in [-0.4, -0.2) is 25.7 Å². The average molecular weight is 429 g/mol. The molecule has 0 spiro atoms. The van der Waals surface area contributed by atoms with E-state index in [4.69, 9.17) is 14.2 Å². The molecule has 1 heterocycles. The van der Waals surface area contributed by atoms with Crippen molar-refractivity contribution in [1.82, 2.24) is 0 Å². The van der Waals surface area contributed by atoms with Crippen LogP contribution in [0.15, 0.2) is 12.1 Å². The third-order valence-corrected chi connectivity index (χ3v) is 6.19. The maximum absolute atomic E-state index is 13.1. The zero-order valence-electron chi connectivity index (χ0n) is 18.0. The van der Waals surface area contributed by atoms with Gasteiger partial charge in [0.1, 0.15) is 11.1 Å². The number of nitrogens with zero attached hydrogens (tertiary/aromatic N) is 1.